The normalized spacial score (nSPS) is 13.9. The van der Waals surface area contributed by atoms with Gasteiger partial charge in [-0.2, -0.15) is 0 Å². The summed E-state index contributed by atoms with van der Waals surface area (Å²) in [5, 5.41) is 13.0. The third-order valence-corrected chi connectivity index (χ3v) is 3.70. The molecule has 0 spiro atoms. The second kappa shape index (κ2) is 6.58. The van der Waals surface area contributed by atoms with Crippen LogP contribution in [-0.4, -0.2) is 5.11 Å². The van der Waals surface area contributed by atoms with Gasteiger partial charge >= 0.3 is 0 Å². The topological polar surface area (TPSA) is 32.3 Å². The number of hydrogen-bond donors (Lipinski definition) is 2. The highest BCUT2D eigenvalue weighted by molar-refractivity contribution is 5.29. The molecular formula is C18H23NO. The van der Waals surface area contributed by atoms with Gasteiger partial charge in [-0.3, -0.25) is 0 Å². The summed E-state index contributed by atoms with van der Waals surface area (Å²) < 4.78 is 0. The van der Waals surface area contributed by atoms with Gasteiger partial charge in [-0.15, -0.1) is 0 Å². The Morgan fingerprint density at radius 1 is 1.05 bits per heavy atom. The van der Waals surface area contributed by atoms with Crippen LogP contribution in [0, 0.1) is 6.92 Å². The zero-order valence-corrected chi connectivity index (χ0v) is 12.4. The summed E-state index contributed by atoms with van der Waals surface area (Å²) >= 11 is 0. The fourth-order valence-electron chi connectivity index (χ4n) is 2.49. The Hall–Kier alpha value is -1.80. The number of phenols is 1. The second-order valence-electron chi connectivity index (χ2n) is 5.35. The third-order valence-electron chi connectivity index (χ3n) is 3.70. The van der Waals surface area contributed by atoms with Crippen LogP contribution in [0.5, 0.6) is 5.75 Å². The van der Waals surface area contributed by atoms with Crippen molar-refractivity contribution in [1.82, 2.24) is 5.32 Å². The van der Waals surface area contributed by atoms with Gasteiger partial charge in [-0.05, 0) is 43.5 Å². The molecule has 0 radical (unpaired) electrons. The van der Waals surface area contributed by atoms with E-state index in [0.717, 1.165) is 6.42 Å². The first kappa shape index (κ1) is 14.6. The van der Waals surface area contributed by atoms with Crippen molar-refractivity contribution in [3.8, 4) is 5.75 Å². The van der Waals surface area contributed by atoms with E-state index in [0.29, 0.717) is 17.8 Å². The van der Waals surface area contributed by atoms with Crippen molar-refractivity contribution in [2.45, 2.75) is 39.3 Å². The summed E-state index contributed by atoms with van der Waals surface area (Å²) in [4.78, 5) is 0. The lowest BCUT2D eigenvalue weighted by Gasteiger charge is -2.23. The molecule has 0 saturated carbocycles. The van der Waals surface area contributed by atoms with Gasteiger partial charge in [0, 0.05) is 12.1 Å². The summed E-state index contributed by atoms with van der Waals surface area (Å²) in [5.41, 5.74) is 3.81. The van der Waals surface area contributed by atoms with Crippen LogP contribution in [0.1, 0.15) is 49.0 Å². The van der Waals surface area contributed by atoms with Gasteiger partial charge in [0.1, 0.15) is 5.75 Å². The van der Waals surface area contributed by atoms with Crippen molar-refractivity contribution in [3.63, 3.8) is 0 Å². The number of phenolic OH excluding ortho intramolecular Hbond substituents is 1. The molecule has 2 aromatic rings. The number of benzene rings is 2. The number of rotatable bonds is 5. The van der Waals surface area contributed by atoms with Crippen LogP contribution in [0.3, 0.4) is 0 Å². The van der Waals surface area contributed by atoms with Crippen LogP contribution >= 0.6 is 0 Å². The average molecular weight is 269 g/mol. The van der Waals surface area contributed by atoms with Crippen LogP contribution in [0.2, 0.25) is 0 Å². The minimum absolute atomic E-state index is 0.297. The van der Waals surface area contributed by atoms with E-state index in [4.69, 9.17) is 0 Å². The number of nitrogens with one attached hydrogen (secondary N) is 1. The largest absolute Gasteiger partial charge is 0.508 e. The molecule has 20 heavy (non-hydrogen) atoms. The van der Waals surface area contributed by atoms with Crippen LogP contribution in [0.15, 0.2) is 48.5 Å². The first-order valence-electron chi connectivity index (χ1n) is 7.21. The first-order chi connectivity index (χ1) is 9.60. The van der Waals surface area contributed by atoms with Crippen molar-refractivity contribution >= 4 is 0 Å². The highest BCUT2D eigenvalue weighted by Crippen LogP contribution is 2.24. The standard InChI is InChI=1S/C18H23NO/c1-4-18(15-8-10-17(20)11-9-15)19-14(3)16-7-5-6-13(2)12-16/h5-12,14,18-20H,4H2,1-3H3/t14-,18?/m0/s1. The Labute approximate surface area is 121 Å². The molecular weight excluding hydrogens is 246 g/mol. The maximum Gasteiger partial charge on any atom is 0.115 e. The molecule has 2 N–H and O–H groups in total. The van der Waals surface area contributed by atoms with Gasteiger partial charge in [0.05, 0.1) is 0 Å². The number of aromatic hydroxyl groups is 1. The van der Waals surface area contributed by atoms with E-state index in [-0.39, 0.29) is 0 Å². The molecule has 0 aliphatic heterocycles. The van der Waals surface area contributed by atoms with Gasteiger partial charge in [0.25, 0.3) is 0 Å². The van der Waals surface area contributed by atoms with Crippen molar-refractivity contribution in [1.29, 1.82) is 0 Å². The van der Waals surface area contributed by atoms with E-state index in [1.165, 1.54) is 16.7 Å². The predicted molar refractivity (Wildman–Crippen MR) is 83.9 cm³/mol. The highest BCUT2D eigenvalue weighted by atomic mass is 16.3. The monoisotopic (exact) mass is 269 g/mol. The van der Waals surface area contributed by atoms with E-state index < -0.39 is 0 Å². The van der Waals surface area contributed by atoms with Gasteiger partial charge in [-0.1, -0.05) is 48.9 Å². The molecule has 0 heterocycles. The van der Waals surface area contributed by atoms with Crippen LogP contribution in [0.25, 0.3) is 0 Å². The van der Waals surface area contributed by atoms with E-state index in [9.17, 15) is 5.11 Å². The van der Waals surface area contributed by atoms with Crippen molar-refractivity contribution in [2.24, 2.45) is 0 Å². The molecule has 2 nitrogen and oxygen atoms in total. The van der Waals surface area contributed by atoms with E-state index >= 15 is 0 Å². The Kier molecular flexibility index (Phi) is 4.80. The SMILES string of the molecule is CCC(N[C@@H](C)c1cccc(C)c1)c1ccc(O)cc1. The van der Waals surface area contributed by atoms with Crippen molar-refractivity contribution in [3.05, 3.63) is 65.2 Å². The van der Waals surface area contributed by atoms with Gasteiger partial charge in [0.2, 0.25) is 0 Å². The minimum Gasteiger partial charge on any atom is -0.508 e. The number of aryl methyl sites for hydroxylation is 1. The smallest absolute Gasteiger partial charge is 0.115 e. The molecule has 0 fully saturated rings. The van der Waals surface area contributed by atoms with Crippen LogP contribution in [-0.2, 0) is 0 Å². The van der Waals surface area contributed by atoms with Crippen LogP contribution in [0.4, 0.5) is 0 Å². The molecule has 106 valence electrons. The average Bonchev–Trinajstić information content (AvgIpc) is 2.45. The lowest BCUT2D eigenvalue weighted by atomic mass is 10.0. The molecule has 0 saturated heterocycles. The summed E-state index contributed by atoms with van der Waals surface area (Å²) in [6.07, 6.45) is 1.01. The predicted octanol–water partition coefficient (Wildman–Crippen LogP) is 4.50. The molecule has 0 amide bonds. The molecule has 1 unspecified atom stereocenters. The molecule has 0 aliphatic rings. The Bertz CT molecular complexity index is 548. The zero-order chi connectivity index (χ0) is 14.5. The van der Waals surface area contributed by atoms with Crippen molar-refractivity contribution < 1.29 is 5.11 Å². The molecule has 2 aromatic carbocycles. The third kappa shape index (κ3) is 3.61. The fourth-order valence-corrected chi connectivity index (χ4v) is 2.49. The van der Waals surface area contributed by atoms with Gasteiger partial charge in [-0.25, -0.2) is 0 Å². The molecule has 2 rings (SSSR count). The van der Waals surface area contributed by atoms with E-state index in [1.54, 1.807) is 12.1 Å². The summed E-state index contributed by atoms with van der Waals surface area (Å²) in [5.74, 6) is 0.315. The highest BCUT2D eigenvalue weighted by Gasteiger charge is 2.13. The van der Waals surface area contributed by atoms with Crippen LogP contribution < -0.4 is 5.32 Å². The molecule has 2 atom stereocenters. The fraction of sp³-hybridized carbons (Fsp3) is 0.333. The molecule has 0 aliphatic carbocycles. The first-order valence-corrected chi connectivity index (χ1v) is 7.21. The summed E-state index contributed by atoms with van der Waals surface area (Å²) in [6, 6.07) is 16.7. The number of hydrogen-bond acceptors (Lipinski definition) is 2. The summed E-state index contributed by atoms with van der Waals surface area (Å²) in [7, 11) is 0. The van der Waals surface area contributed by atoms with E-state index in [1.807, 2.05) is 12.1 Å². The van der Waals surface area contributed by atoms with Gasteiger partial charge in [0.15, 0.2) is 0 Å². The van der Waals surface area contributed by atoms with E-state index in [2.05, 4.69) is 50.4 Å². The molecule has 0 bridgehead atoms. The maximum absolute atomic E-state index is 9.38. The Morgan fingerprint density at radius 3 is 2.35 bits per heavy atom. The molecule has 2 heteroatoms. The summed E-state index contributed by atoms with van der Waals surface area (Å²) in [6.45, 7) is 6.48. The Balaban J connectivity index is 2.11. The Morgan fingerprint density at radius 2 is 1.75 bits per heavy atom. The zero-order valence-electron chi connectivity index (χ0n) is 12.4. The second-order valence-corrected chi connectivity index (χ2v) is 5.35. The lowest BCUT2D eigenvalue weighted by molar-refractivity contribution is 0.453. The molecule has 0 aromatic heterocycles. The minimum atomic E-state index is 0.297. The quantitative estimate of drug-likeness (QED) is 0.837. The van der Waals surface area contributed by atoms with Gasteiger partial charge < -0.3 is 10.4 Å². The maximum atomic E-state index is 9.38. The van der Waals surface area contributed by atoms with Crippen molar-refractivity contribution in [2.75, 3.05) is 0 Å². The lowest BCUT2D eigenvalue weighted by Crippen LogP contribution is -2.24.